The Morgan fingerprint density at radius 2 is 2.14 bits per heavy atom. The molecule has 2 atom stereocenters. The molecule has 37 heavy (non-hydrogen) atoms. The van der Waals surface area contributed by atoms with Crippen molar-refractivity contribution in [3.8, 4) is 0 Å². The topological polar surface area (TPSA) is 151 Å². The number of nitrogens with zero attached hydrogens (tertiary/aromatic N) is 4. The smallest absolute Gasteiger partial charge is 0.352 e. The van der Waals surface area contributed by atoms with Gasteiger partial charge in [0.25, 0.3) is 11.8 Å². The van der Waals surface area contributed by atoms with Gasteiger partial charge < -0.3 is 21.0 Å². The monoisotopic (exact) mass is 541 g/mol. The Bertz CT molecular complexity index is 1320. The van der Waals surface area contributed by atoms with Gasteiger partial charge in [0.2, 0.25) is 0 Å². The Balaban J connectivity index is 1.31. The zero-order valence-corrected chi connectivity index (χ0v) is 21.3. The number of carbonyl (C=O) groups is 3. The highest BCUT2D eigenvalue weighted by atomic mass is 32.2. The molecule has 0 radical (unpaired) electrons. The van der Waals surface area contributed by atoms with Gasteiger partial charge in [-0.15, -0.1) is 23.1 Å². The molecule has 4 N–H and O–H groups in total. The van der Waals surface area contributed by atoms with E-state index in [1.807, 2.05) is 17.0 Å². The van der Waals surface area contributed by atoms with Gasteiger partial charge in [-0.05, 0) is 24.3 Å². The van der Waals surface area contributed by atoms with Crippen molar-refractivity contribution in [2.24, 2.45) is 5.16 Å². The van der Waals surface area contributed by atoms with Crippen LogP contribution in [0.1, 0.15) is 30.0 Å². The molecule has 4 heterocycles. The van der Waals surface area contributed by atoms with Gasteiger partial charge in [0.1, 0.15) is 29.4 Å². The summed E-state index contributed by atoms with van der Waals surface area (Å²) in [6.45, 7) is 3.97. The number of carbonyl (C=O) groups excluding carboxylic acids is 2. The van der Waals surface area contributed by atoms with Gasteiger partial charge in [0, 0.05) is 28.8 Å². The minimum atomic E-state index is -1.17. The van der Waals surface area contributed by atoms with Gasteiger partial charge >= 0.3 is 5.97 Å². The van der Waals surface area contributed by atoms with Crippen LogP contribution in [0.5, 0.6) is 0 Å². The molecule has 0 spiro atoms. The SMILES string of the molecule is C=CCON=C(C(=O)NC1C(=O)N2C(C(=O)O)=C(C[n+]3ccc(C4CC4)cc3)CS[C@@H]12)c1csc(N)n1. The maximum absolute atomic E-state index is 13.1. The molecule has 2 aromatic rings. The first-order chi connectivity index (χ1) is 17.9. The van der Waals surface area contributed by atoms with Gasteiger partial charge in [-0.3, -0.25) is 14.5 Å². The van der Waals surface area contributed by atoms with Crippen molar-refractivity contribution in [3.05, 3.63) is 65.1 Å². The predicted octanol–water partition coefficient (Wildman–Crippen LogP) is 1.24. The molecule has 1 unspecified atom stereocenters. The molecule has 2 fully saturated rings. The molecule has 2 aromatic heterocycles. The number of aliphatic carboxylic acids is 1. The van der Waals surface area contributed by atoms with Crippen molar-refractivity contribution in [2.75, 3.05) is 18.1 Å². The quantitative estimate of drug-likeness (QED) is 0.102. The van der Waals surface area contributed by atoms with Gasteiger partial charge in [-0.2, -0.15) is 0 Å². The normalized spacial score (nSPS) is 21.2. The minimum absolute atomic E-state index is 0.0338. The number of carboxylic acids is 1. The van der Waals surface area contributed by atoms with E-state index in [4.69, 9.17) is 10.6 Å². The average Bonchev–Trinajstić information content (AvgIpc) is 3.65. The first-order valence-electron chi connectivity index (χ1n) is 11.6. The number of thiazole rings is 1. The van der Waals surface area contributed by atoms with Crippen LogP contribution in [0, 0.1) is 0 Å². The molecule has 11 nitrogen and oxygen atoms in total. The third-order valence-corrected chi connectivity index (χ3v) is 8.22. The minimum Gasteiger partial charge on any atom is -0.477 e. The summed E-state index contributed by atoms with van der Waals surface area (Å²) in [6, 6.07) is 3.21. The van der Waals surface area contributed by atoms with Crippen LogP contribution in [0.4, 0.5) is 5.13 Å². The number of amides is 2. The van der Waals surface area contributed by atoms with Gasteiger partial charge in [-0.1, -0.05) is 17.8 Å². The molecule has 2 amide bonds. The van der Waals surface area contributed by atoms with Crippen molar-refractivity contribution < 1.29 is 28.9 Å². The lowest BCUT2D eigenvalue weighted by Gasteiger charge is -2.49. The highest BCUT2D eigenvalue weighted by Gasteiger charge is 2.54. The highest BCUT2D eigenvalue weighted by Crippen LogP contribution is 2.41. The van der Waals surface area contributed by atoms with Crippen LogP contribution in [0.25, 0.3) is 0 Å². The lowest BCUT2D eigenvalue weighted by molar-refractivity contribution is -0.689. The zero-order valence-electron chi connectivity index (χ0n) is 19.7. The molecule has 1 saturated heterocycles. The summed E-state index contributed by atoms with van der Waals surface area (Å²) in [6.07, 6.45) is 7.77. The Kier molecular flexibility index (Phi) is 6.98. The number of pyridine rings is 1. The number of β-lactam (4-membered cyclic amide) rings is 1. The fourth-order valence-electron chi connectivity index (χ4n) is 4.25. The summed E-state index contributed by atoms with van der Waals surface area (Å²) in [5.41, 5.74) is 7.65. The van der Waals surface area contributed by atoms with Crippen LogP contribution in [0.15, 0.2) is 59.0 Å². The standard InChI is InChI=1S/C24H24N6O5S2/c1-2-9-35-28-17(16-12-37-24(25)26-16)20(31)27-18-21(32)30-19(23(33)34)15(11-36-22(18)30)10-29-7-5-14(6-8-29)13-3-4-13/h2,5-8,12-13,18,22H,1,3-4,9-11H2,(H3-,25,26,27,31,33,34)/p+1/t18?,22-/m0/s1. The maximum Gasteiger partial charge on any atom is 0.352 e. The third-order valence-electron chi connectivity index (χ3n) is 6.20. The maximum atomic E-state index is 13.1. The van der Waals surface area contributed by atoms with Crippen molar-refractivity contribution in [3.63, 3.8) is 0 Å². The van der Waals surface area contributed by atoms with Crippen LogP contribution in [0.2, 0.25) is 0 Å². The predicted molar refractivity (Wildman–Crippen MR) is 138 cm³/mol. The largest absolute Gasteiger partial charge is 0.477 e. The molecular weight excluding hydrogens is 516 g/mol. The number of hydrogen-bond acceptors (Lipinski definition) is 9. The number of nitrogens with two attached hydrogens (primary N) is 1. The number of carboxylic acid groups (broad SMARTS) is 1. The fourth-order valence-corrected chi connectivity index (χ4v) is 6.14. The van der Waals surface area contributed by atoms with E-state index in [0.29, 0.717) is 23.8 Å². The summed E-state index contributed by atoms with van der Waals surface area (Å²) < 4.78 is 1.92. The molecule has 3 aliphatic rings. The first-order valence-corrected chi connectivity index (χ1v) is 13.5. The van der Waals surface area contributed by atoms with Crippen LogP contribution in [-0.2, 0) is 25.8 Å². The average molecular weight is 542 g/mol. The molecule has 0 aromatic carbocycles. The number of hydrogen-bond donors (Lipinski definition) is 3. The number of thioether (sulfide) groups is 1. The number of nitrogen functional groups attached to an aromatic ring is 1. The number of aromatic nitrogens is 2. The first kappa shape index (κ1) is 25.0. The molecule has 13 heteroatoms. The second kappa shape index (κ2) is 10.3. The van der Waals surface area contributed by atoms with Crippen LogP contribution in [-0.4, -0.2) is 62.3 Å². The van der Waals surface area contributed by atoms with Crippen molar-refractivity contribution in [1.29, 1.82) is 0 Å². The van der Waals surface area contributed by atoms with E-state index in [2.05, 4.69) is 34.2 Å². The third kappa shape index (κ3) is 5.09. The van der Waals surface area contributed by atoms with Crippen LogP contribution < -0.4 is 15.6 Å². The van der Waals surface area contributed by atoms with Crippen LogP contribution in [0.3, 0.4) is 0 Å². The fraction of sp³-hybridized carbons (Fsp3) is 0.333. The Morgan fingerprint density at radius 1 is 1.38 bits per heavy atom. The Hall–Kier alpha value is -3.71. The lowest BCUT2D eigenvalue weighted by Crippen LogP contribution is -2.71. The summed E-state index contributed by atoms with van der Waals surface area (Å²) in [4.78, 5) is 48.7. The van der Waals surface area contributed by atoms with E-state index >= 15 is 0 Å². The number of anilines is 1. The van der Waals surface area contributed by atoms with E-state index < -0.39 is 29.2 Å². The number of oxime groups is 1. The molecule has 2 aliphatic heterocycles. The number of nitrogens with one attached hydrogen (secondary N) is 1. The summed E-state index contributed by atoms with van der Waals surface area (Å²) >= 11 is 2.54. The molecule has 0 bridgehead atoms. The van der Waals surface area contributed by atoms with E-state index in [0.717, 1.165) is 11.3 Å². The van der Waals surface area contributed by atoms with Crippen molar-refractivity contribution in [2.45, 2.75) is 36.7 Å². The Labute approximate surface area is 220 Å². The zero-order chi connectivity index (χ0) is 26.1. The molecule has 5 rings (SSSR count). The van der Waals surface area contributed by atoms with E-state index in [1.165, 1.54) is 41.1 Å². The van der Waals surface area contributed by atoms with Gasteiger partial charge in [0.05, 0.1) is 0 Å². The van der Waals surface area contributed by atoms with E-state index in [1.54, 1.807) is 5.38 Å². The van der Waals surface area contributed by atoms with Gasteiger partial charge in [0.15, 0.2) is 29.8 Å². The molecule has 1 aliphatic carbocycles. The number of fused-ring (bicyclic) bond motifs is 1. The molecule has 192 valence electrons. The summed E-state index contributed by atoms with van der Waals surface area (Å²) in [5, 5.41) is 17.7. The van der Waals surface area contributed by atoms with Gasteiger partial charge in [-0.25, -0.2) is 14.3 Å². The number of rotatable bonds is 10. The lowest BCUT2D eigenvalue weighted by atomic mass is 10.0. The van der Waals surface area contributed by atoms with Crippen molar-refractivity contribution >= 4 is 51.7 Å². The summed E-state index contributed by atoms with van der Waals surface area (Å²) in [5.74, 6) is -1.31. The van der Waals surface area contributed by atoms with E-state index in [9.17, 15) is 19.5 Å². The second-order valence-corrected chi connectivity index (χ2v) is 10.8. The Morgan fingerprint density at radius 3 is 2.76 bits per heavy atom. The summed E-state index contributed by atoms with van der Waals surface area (Å²) in [7, 11) is 0. The highest BCUT2D eigenvalue weighted by molar-refractivity contribution is 8.00. The molecular formula is C24H25N6O5S2+. The van der Waals surface area contributed by atoms with E-state index in [-0.39, 0.29) is 28.8 Å². The molecule has 1 saturated carbocycles. The second-order valence-electron chi connectivity index (χ2n) is 8.79. The van der Waals surface area contributed by atoms with Crippen LogP contribution >= 0.6 is 23.1 Å². The van der Waals surface area contributed by atoms with Crippen molar-refractivity contribution in [1.82, 2.24) is 15.2 Å².